The van der Waals surface area contributed by atoms with E-state index in [1.165, 1.54) is 86.5 Å². The van der Waals surface area contributed by atoms with Crippen LogP contribution in [0.3, 0.4) is 0 Å². The van der Waals surface area contributed by atoms with Crippen molar-refractivity contribution in [2.75, 3.05) is 0 Å². The van der Waals surface area contributed by atoms with Crippen LogP contribution in [0.1, 0.15) is 87.5 Å². The van der Waals surface area contributed by atoms with Gasteiger partial charge in [-0.1, -0.05) is 99.9 Å². The van der Waals surface area contributed by atoms with E-state index in [2.05, 4.69) is 64.1 Å². The summed E-state index contributed by atoms with van der Waals surface area (Å²) in [5.41, 5.74) is 8.86. The average Bonchev–Trinajstić information content (AvgIpc) is 2.63. The third-order valence-electron chi connectivity index (χ3n) is 5.40. The number of hydrogen-bond acceptors (Lipinski definition) is 0. The number of unbranched alkanes of at least 4 members (excludes halogenated alkanes) is 6. The van der Waals surface area contributed by atoms with Crippen molar-refractivity contribution in [3.8, 4) is 11.1 Å². The van der Waals surface area contributed by atoms with Gasteiger partial charge in [0, 0.05) is 0 Å². The smallest absolute Gasteiger partial charge is 0.0146 e. The van der Waals surface area contributed by atoms with Crippen molar-refractivity contribution in [2.24, 2.45) is 0 Å². The van der Waals surface area contributed by atoms with Crippen molar-refractivity contribution in [1.29, 1.82) is 0 Å². The second kappa shape index (κ2) is 11.2. The normalized spacial score (nSPS) is 11.1. The third-order valence-corrected chi connectivity index (χ3v) is 5.40. The molecular weight excluding hydrogens is 312 g/mol. The molecule has 0 aromatic heterocycles. The van der Waals surface area contributed by atoms with E-state index in [9.17, 15) is 0 Å². The Balaban J connectivity index is 2.32. The van der Waals surface area contributed by atoms with Crippen LogP contribution in [0, 0.1) is 13.8 Å². The van der Waals surface area contributed by atoms with E-state index >= 15 is 0 Å². The molecule has 2 rings (SSSR count). The van der Waals surface area contributed by atoms with Crippen LogP contribution < -0.4 is 0 Å². The maximum Gasteiger partial charge on any atom is -0.0146 e. The molecule has 26 heavy (non-hydrogen) atoms. The monoisotopic (exact) mass is 350 g/mol. The van der Waals surface area contributed by atoms with E-state index < -0.39 is 0 Å². The molecule has 0 N–H and O–H groups in total. The molecule has 142 valence electrons. The van der Waals surface area contributed by atoms with Gasteiger partial charge in [-0.05, 0) is 61.8 Å². The van der Waals surface area contributed by atoms with E-state index in [1.54, 1.807) is 11.1 Å². The van der Waals surface area contributed by atoms with E-state index in [0.717, 1.165) is 0 Å². The highest BCUT2D eigenvalue weighted by Crippen LogP contribution is 2.31. The predicted octanol–water partition coefficient (Wildman–Crippen LogP) is 8.22. The number of hydrogen-bond donors (Lipinski definition) is 0. The summed E-state index contributed by atoms with van der Waals surface area (Å²) >= 11 is 0. The van der Waals surface area contributed by atoms with Crippen molar-refractivity contribution in [2.45, 2.75) is 91.9 Å². The summed E-state index contributed by atoms with van der Waals surface area (Å²) in [6.07, 6.45) is 13.2. The topological polar surface area (TPSA) is 0 Å². The second-order valence-corrected chi connectivity index (χ2v) is 7.94. The first kappa shape index (κ1) is 20.7. The van der Waals surface area contributed by atoms with Crippen molar-refractivity contribution >= 4 is 0 Å². The molecule has 0 nitrogen and oxygen atoms in total. The fourth-order valence-corrected chi connectivity index (χ4v) is 3.95. The van der Waals surface area contributed by atoms with Gasteiger partial charge in [0.15, 0.2) is 0 Å². The fraction of sp³-hybridized carbons (Fsp3) is 0.538. The van der Waals surface area contributed by atoms with Crippen molar-refractivity contribution in [3.05, 3.63) is 58.7 Å². The molecule has 0 fully saturated rings. The highest BCUT2D eigenvalue weighted by Gasteiger charge is 2.12. The molecule has 0 atom stereocenters. The van der Waals surface area contributed by atoms with Crippen LogP contribution >= 0.6 is 0 Å². The third kappa shape index (κ3) is 6.31. The molecule has 0 spiro atoms. The summed E-state index contributed by atoms with van der Waals surface area (Å²) in [6, 6.07) is 13.9. The Morgan fingerprint density at radius 3 is 2.00 bits per heavy atom. The first-order valence-electron chi connectivity index (χ1n) is 10.8. The minimum atomic E-state index is 1.23. The van der Waals surface area contributed by atoms with Crippen LogP contribution in [0.5, 0.6) is 0 Å². The Bertz CT molecular complexity index is 666. The molecule has 0 heteroatoms. The molecule has 0 saturated carbocycles. The van der Waals surface area contributed by atoms with Crippen LogP contribution in [0.2, 0.25) is 0 Å². The zero-order valence-corrected chi connectivity index (χ0v) is 17.5. The molecule has 0 unspecified atom stereocenters. The summed E-state index contributed by atoms with van der Waals surface area (Å²) < 4.78 is 0. The zero-order valence-electron chi connectivity index (χ0n) is 17.5. The maximum absolute atomic E-state index is 2.46. The van der Waals surface area contributed by atoms with Gasteiger partial charge >= 0.3 is 0 Å². The summed E-state index contributed by atoms with van der Waals surface area (Å²) in [5, 5.41) is 0. The molecule has 0 amide bonds. The van der Waals surface area contributed by atoms with Gasteiger partial charge in [-0.15, -0.1) is 0 Å². The number of rotatable bonds is 11. The van der Waals surface area contributed by atoms with Crippen LogP contribution in [-0.2, 0) is 12.8 Å². The van der Waals surface area contributed by atoms with Gasteiger partial charge in [0.25, 0.3) is 0 Å². The van der Waals surface area contributed by atoms with Gasteiger partial charge < -0.3 is 0 Å². The molecule has 0 aliphatic carbocycles. The van der Waals surface area contributed by atoms with Crippen LogP contribution in [0.15, 0.2) is 36.4 Å². The Morgan fingerprint density at radius 2 is 1.35 bits per heavy atom. The Labute approximate surface area is 162 Å². The average molecular weight is 351 g/mol. The first-order chi connectivity index (χ1) is 12.7. The standard InChI is InChI=1S/C26H38/c1-5-7-9-11-15-23-19-22(4)20-26(24-16-13-14-21(3)18-24)25(23)17-12-10-8-6-2/h13-14,16,18-20H,5-12,15,17H2,1-4H3. The van der Waals surface area contributed by atoms with Crippen molar-refractivity contribution in [1.82, 2.24) is 0 Å². The lowest BCUT2D eigenvalue weighted by atomic mass is 9.87. The molecule has 2 aromatic rings. The summed E-state index contributed by atoms with van der Waals surface area (Å²) in [6.45, 7) is 9.05. The molecule has 0 bridgehead atoms. The molecule has 0 heterocycles. The molecule has 0 saturated heterocycles. The molecule has 0 radical (unpaired) electrons. The van der Waals surface area contributed by atoms with Crippen molar-refractivity contribution < 1.29 is 0 Å². The van der Waals surface area contributed by atoms with Gasteiger partial charge in [0.2, 0.25) is 0 Å². The summed E-state index contributed by atoms with van der Waals surface area (Å²) in [4.78, 5) is 0. The lowest BCUT2D eigenvalue weighted by Gasteiger charge is -2.18. The van der Waals surface area contributed by atoms with Crippen LogP contribution in [0.25, 0.3) is 11.1 Å². The van der Waals surface area contributed by atoms with E-state index in [-0.39, 0.29) is 0 Å². The molecular formula is C26H38. The van der Waals surface area contributed by atoms with Crippen LogP contribution in [0.4, 0.5) is 0 Å². The van der Waals surface area contributed by atoms with Gasteiger partial charge in [0.1, 0.15) is 0 Å². The van der Waals surface area contributed by atoms with E-state index in [0.29, 0.717) is 0 Å². The highest BCUT2D eigenvalue weighted by molar-refractivity contribution is 5.70. The molecule has 0 aliphatic rings. The van der Waals surface area contributed by atoms with Crippen molar-refractivity contribution in [3.63, 3.8) is 0 Å². The minimum Gasteiger partial charge on any atom is -0.0654 e. The Morgan fingerprint density at radius 1 is 0.654 bits per heavy atom. The minimum absolute atomic E-state index is 1.23. The number of benzene rings is 2. The SMILES string of the molecule is CCCCCCc1cc(C)cc(-c2cccc(C)c2)c1CCCCCC. The predicted molar refractivity (Wildman–Crippen MR) is 117 cm³/mol. The maximum atomic E-state index is 2.46. The highest BCUT2D eigenvalue weighted by atomic mass is 14.2. The Kier molecular flexibility index (Phi) is 8.95. The lowest BCUT2D eigenvalue weighted by molar-refractivity contribution is 0.651. The van der Waals surface area contributed by atoms with E-state index in [4.69, 9.17) is 0 Å². The summed E-state index contributed by atoms with van der Waals surface area (Å²) in [7, 11) is 0. The molecule has 2 aromatic carbocycles. The second-order valence-electron chi connectivity index (χ2n) is 7.94. The first-order valence-corrected chi connectivity index (χ1v) is 10.8. The van der Waals surface area contributed by atoms with Gasteiger partial charge in [-0.25, -0.2) is 0 Å². The molecule has 0 aliphatic heterocycles. The number of aryl methyl sites for hydroxylation is 3. The van der Waals surface area contributed by atoms with Gasteiger partial charge in [-0.2, -0.15) is 0 Å². The zero-order chi connectivity index (χ0) is 18.8. The lowest BCUT2D eigenvalue weighted by Crippen LogP contribution is -2.01. The largest absolute Gasteiger partial charge is 0.0654 e. The van der Waals surface area contributed by atoms with Gasteiger partial charge in [-0.3, -0.25) is 0 Å². The fourth-order valence-electron chi connectivity index (χ4n) is 3.95. The quantitative estimate of drug-likeness (QED) is 0.358. The Hall–Kier alpha value is -1.56. The van der Waals surface area contributed by atoms with Gasteiger partial charge in [0.05, 0.1) is 0 Å². The van der Waals surface area contributed by atoms with E-state index in [1.807, 2.05) is 0 Å². The summed E-state index contributed by atoms with van der Waals surface area (Å²) in [5.74, 6) is 0. The van der Waals surface area contributed by atoms with Crippen LogP contribution in [-0.4, -0.2) is 0 Å².